The van der Waals surface area contributed by atoms with Crippen LogP contribution in [0, 0.1) is 11.8 Å². The first-order chi connectivity index (χ1) is 20.7. The molecule has 238 valence electrons. The lowest BCUT2D eigenvalue weighted by atomic mass is 9.79. The Balaban J connectivity index is 1.25. The summed E-state index contributed by atoms with van der Waals surface area (Å²) in [4.78, 5) is 30.0. The van der Waals surface area contributed by atoms with E-state index in [9.17, 15) is 40.3 Å². The van der Waals surface area contributed by atoms with Crippen molar-refractivity contribution in [2.24, 2.45) is 11.8 Å². The third-order valence-corrected chi connectivity index (χ3v) is 8.51. The van der Waals surface area contributed by atoms with Crippen LogP contribution in [0.25, 0.3) is 5.65 Å². The van der Waals surface area contributed by atoms with Crippen LogP contribution in [-0.4, -0.2) is 54.7 Å². The molecule has 3 fully saturated rings. The van der Waals surface area contributed by atoms with E-state index in [-0.39, 0.29) is 35.8 Å². The minimum absolute atomic E-state index is 0.0304. The predicted octanol–water partition coefficient (Wildman–Crippen LogP) is 5.44. The van der Waals surface area contributed by atoms with Crippen molar-refractivity contribution >= 4 is 17.5 Å². The topological polar surface area (TPSA) is 127 Å². The standard InChI is InChI=1S/C27H28F7N7O3/c28-25(29)5-3-15(4-6-25)20(38-24(43)22-21(14-1-2-14)39-44-40-22)17-12-41-18(36-17)8-16(11-35-41)23(27(32,33)34)37-19(42)7-13-9-26(30,31)10-13/h8,11-15,20,23H,1-7,9-10H2,(H,37,42)(H,38,43)/t20-,23-/m0/s1. The normalized spacial score (nSPS) is 21.9. The Morgan fingerprint density at radius 2 is 1.73 bits per heavy atom. The molecule has 2 N–H and O–H groups in total. The number of carbonyl (C=O) groups excluding carboxylic acids is 2. The molecule has 2 amide bonds. The number of carbonyl (C=O) groups is 2. The third kappa shape index (κ3) is 6.50. The molecule has 3 aliphatic rings. The van der Waals surface area contributed by atoms with Crippen LogP contribution in [-0.2, 0) is 4.79 Å². The Bertz CT molecular complexity index is 1530. The number of nitrogens with one attached hydrogen (secondary N) is 2. The molecule has 3 aromatic rings. The number of hydrogen-bond donors (Lipinski definition) is 2. The van der Waals surface area contributed by atoms with Crippen LogP contribution in [0.2, 0.25) is 0 Å². The van der Waals surface area contributed by atoms with Gasteiger partial charge in [-0.1, -0.05) is 5.16 Å². The Kier molecular flexibility index (Phi) is 7.55. The molecular formula is C27H28F7N7O3. The molecule has 0 unspecified atom stereocenters. The lowest BCUT2D eigenvalue weighted by Gasteiger charge is -2.34. The van der Waals surface area contributed by atoms with Crippen LogP contribution in [0.1, 0.15) is 103 Å². The average molecular weight is 632 g/mol. The summed E-state index contributed by atoms with van der Waals surface area (Å²) in [5, 5.41) is 16.2. The molecule has 3 heterocycles. The molecule has 3 aliphatic carbocycles. The zero-order valence-electron chi connectivity index (χ0n) is 23.1. The molecule has 0 aromatic carbocycles. The smallest absolute Gasteiger partial charge is 0.342 e. The first kappa shape index (κ1) is 30.2. The molecule has 0 spiro atoms. The van der Waals surface area contributed by atoms with Crippen molar-refractivity contribution in [2.45, 2.75) is 93.8 Å². The molecule has 10 nitrogen and oxygen atoms in total. The molecule has 0 saturated heterocycles. The van der Waals surface area contributed by atoms with Gasteiger partial charge in [0.05, 0.1) is 24.1 Å². The minimum Gasteiger partial charge on any atom is -0.342 e. The number of halogens is 7. The van der Waals surface area contributed by atoms with Gasteiger partial charge in [-0.15, -0.1) is 0 Å². The molecule has 2 atom stereocenters. The number of imidazole rings is 1. The highest BCUT2D eigenvalue weighted by Crippen LogP contribution is 2.45. The third-order valence-electron chi connectivity index (χ3n) is 8.51. The van der Waals surface area contributed by atoms with Gasteiger partial charge in [0.1, 0.15) is 5.69 Å². The van der Waals surface area contributed by atoms with Crippen molar-refractivity contribution in [1.29, 1.82) is 0 Å². The molecule has 17 heteroatoms. The van der Waals surface area contributed by atoms with Gasteiger partial charge in [-0.25, -0.2) is 31.7 Å². The van der Waals surface area contributed by atoms with E-state index >= 15 is 0 Å². The van der Waals surface area contributed by atoms with Gasteiger partial charge in [0.15, 0.2) is 17.4 Å². The maximum absolute atomic E-state index is 14.0. The fraction of sp³-hybridized carbons (Fsp3) is 0.630. The van der Waals surface area contributed by atoms with E-state index in [0.29, 0.717) is 5.69 Å². The number of fused-ring (bicyclic) bond motifs is 1. The van der Waals surface area contributed by atoms with Gasteiger partial charge in [0, 0.05) is 43.6 Å². The van der Waals surface area contributed by atoms with Crippen LogP contribution in [0.5, 0.6) is 0 Å². The molecule has 0 bridgehead atoms. The van der Waals surface area contributed by atoms with Gasteiger partial charge in [0.2, 0.25) is 17.8 Å². The average Bonchev–Trinajstić information content (AvgIpc) is 3.48. The Morgan fingerprint density at radius 1 is 1.02 bits per heavy atom. The van der Waals surface area contributed by atoms with E-state index in [1.807, 2.05) is 5.32 Å². The number of nitrogens with zero attached hydrogens (tertiary/aromatic N) is 5. The summed E-state index contributed by atoms with van der Waals surface area (Å²) < 4.78 is 102. The van der Waals surface area contributed by atoms with Crippen LogP contribution >= 0.6 is 0 Å². The van der Waals surface area contributed by atoms with Crippen molar-refractivity contribution < 1.29 is 45.0 Å². The van der Waals surface area contributed by atoms with Crippen LogP contribution < -0.4 is 10.6 Å². The molecule has 3 saturated carbocycles. The van der Waals surface area contributed by atoms with Gasteiger partial charge in [-0.3, -0.25) is 9.59 Å². The summed E-state index contributed by atoms with van der Waals surface area (Å²) in [7, 11) is 0. The van der Waals surface area contributed by atoms with E-state index in [4.69, 9.17) is 4.63 Å². The summed E-state index contributed by atoms with van der Waals surface area (Å²) in [6.45, 7) is 0. The number of alkyl halides is 7. The van der Waals surface area contributed by atoms with E-state index in [2.05, 4.69) is 25.7 Å². The van der Waals surface area contributed by atoms with Crippen LogP contribution in [0.4, 0.5) is 30.7 Å². The largest absolute Gasteiger partial charge is 0.412 e. The fourth-order valence-electron chi connectivity index (χ4n) is 6.00. The highest BCUT2D eigenvalue weighted by atomic mass is 19.4. The zero-order chi connectivity index (χ0) is 31.4. The second-order valence-corrected chi connectivity index (χ2v) is 12.1. The minimum atomic E-state index is -4.94. The number of rotatable bonds is 9. The summed E-state index contributed by atoms with van der Waals surface area (Å²) in [5.74, 6) is -8.60. The number of aromatic nitrogens is 5. The van der Waals surface area contributed by atoms with Crippen molar-refractivity contribution in [2.75, 3.05) is 0 Å². The van der Waals surface area contributed by atoms with Gasteiger partial charge in [-0.2, -0.15) is 18.3 Å². The maximum Gasteiger partial charge on any atom is 0.412 e. The summed E-state index contributed by atoms with van der Waals surface area (Å²) >= 11 is 0. The van der Waals surface area contributed by atoms with Gasteiger partial charge in [-0.05, 0) is 48.7 Å². The van der Waals surface area contributed by atoms with Crippen molar-refractivity contribution in [3.63, 3.8) is 0 Å². The SMILES string of the molecule is O=C(CC1CC(F)(F)C1)N[C@@H](c1cnn2cc([C@@H](NC(=O)c3nonc3C3CC3)C3CCC(F)(F)CC3)nc2c1)C(F)(F)F. The van der Waals surface area contributed by atoms with E-state index in [0.717, 1.165) is 25.1 Å². The van der Waals surface area contributed by atoms with Gasteiger partial charge < -0.3 is 10.6 Å². The van der Waals surface area contributed by atoms with E-state index in [1.165, 1.54) is 10.7 Å². The highest BCUT2D eigenvalue weighted by Gasteiger charge is 2.47. The maximum atomic E-state index is 14.0. The fourth-order valence-corrected chi connectivity index (χ4v) is 6.00. The molecule has 6 rings (SSSR count). The lowest BCUT2D eigenvalue weighted by Crippen LogP contribution is -2.42. The predicted molar refractivity (Wildman–Crippen MR) is 136 cm³/mol. The molecule has 0 radical (unpaired) electrons. The van der Waals surface area contributed by atoms with Gasteiger partial charge >= 0.3 is 6.18 Å². The lowest BCUT2D eigenvalue weighted by molar-refractivity contribution is -0.165. The Hall–Kier alpha value is -3.79. The van der Waals surface area contributed by atoms with Crippen molar-refractivity contribution in [3.8, 4) is 0 Å². The van der Waals surface area contributed by atoms with Crippen molar-refractivity contribution in [3.05, 3.63) is 41.1 Å². The molecule has 44 heavy (non-hydrogen) atoms. The monoisotopic (exact) mass is 631 g/mol. The van der Waals surface area contributed by atoms with Crippen molar-refractivity contribution in [1.82, 2.24) is 35.5 Å². The van der Waals surface area contributed by atoms with Gasteiger partial charge in [0.25, 0.3) is 5.91 Å². The highest BCUT2D eigenvalue weighted by molar-refractivity contribution is 5.93. The first-order valence-electron chi connectivity index (χ1n) is 14.3. The summed E-state index contributed by atoms with van der Waals surface area (Å²) in [5.41, 5.74) is 0.0409. The number of hydrogen-bond acceptors (Lipinski definition) is 7. The Morgan fingerprint density at radius 3 is 2.36 bits per heavy atom. The van der Waals surface area contributed by atoms with E-state index in [1.54, 1.807) is 0 Å². The first-order valence-corrected chi connectivity index (χ1v) is 14.3. The zero-order valence-corrected chi connectivity index (χ0v) is 23.1. The summed E-state index contributed by atoms with van der Waals surface area (Å²) in [6, 6.07) is -2.33. The molecular weight excluding hydrogens is 603 g/mol. The number of amides is 2. The second kappa shape index (κ2) is 11.0. The molecule has 0 aliphatic heterocycles. The van der Waals surface area contributed by atoms with Crippen LogP contribution in [0.15, 0.2) is 23.1 Å². The quantitative estimate of drug-likeness (QED) is 0.301. The molecule has 3 aromatic heterocycles. The van der Waals surface area contributed by atoms with Crippen LogP contribution in [0.3, 0.4) is 0 Å². The van der Waals surface area contributed by atoms with E-state index < -0.39 is 91.4 Å². The Labute approximate surface area is 245 Å². The summed E-state index contributed by atoms with van der Waals surface area (Å²) in [6.07, 6.45) is -3.37. The second-order valence-electron chi connectivity index (χ2n) is 12.1.